The monoisotopic (exact) mass is 544 g/mol. The maximum atomic E-state index is 12.8. The van der Waals surface area contributed by atoms with Crippen LogP contribution in [0.4, 0.5) is 10.5 Å². The van der Waals surface area contributed by atoms with Gasteiger partial charge in [0.25, 0.3) is 0 Å². The molecule has 1 aliphatic rings. The predicted octanol–water partition coefficient (Wildman–Crippen LogP) is 6.03. The Hall–Kier alpha value is -4.27. The third kappa shape index (κ3) is 4.27. The van der Waals surface area contributed by atoms with Gasteiger partial charge in [0, 0.05) is 11.6 Å². The first kappa shape index (κ1) is 24.1. The lowest BCUT2D eigenvalue weighted by atomic mass is 10.1. The molecule has 0 radical (unpaired) electrons. The lowest BCUT2D eigenvalue weighted by molar-refractivity contribution is -0.140. The van der Waals surface area contributed by atoms with Crippen LogP contribution in [-0.2, 0) is 14.9 Å². The number of hydrogen-bond donors (Lipinski definition) is 2. The summed E-state index contributed by atoms with van der Waals surface area (Å²) in [6.45, 7) is 3.78. The highest BCUT2D eigenvalue weighted by molar-refractivity contribution is 7.26. The van der Waals surface area contributed by atoms with Gasteiger partial charge in [-0.3, -0.25) is 15.1 Å². The van der Waals surface area contributed by atoms with Gasteiger partial charge in [-0.25, -0.2) is 14.8 Å². The minimum absolute atomic E-state index is 0.239. The molecule has 4 aromatic heterocycles. The second-order valence-electron chi connectivity index (χ2n) is 8.99. The number of aryl methyl sites for hydroxylation is 1. The lowest BCUT2D eigenvalue weighted by Crippen LogP contribution is -2.18. The number of aliphatic carboxylic acids is 1. The van der Waals surface area contributed by atoms with Crippen LogP contribution in [0.25, 0.3) is 20.6 Å². The van der Waals surface area contributed by atoms with Crippen LogP contribution < -0.4 is 5.32 Å². The summed E-state index contributed by atoms with van der Waals surface area (Å²) >= 11 is 2.57. The number of amides is 1. The average molecular weight is 545 g/mol. The van der Waals surface area contributed by atoms with Crippen molar-refractivity contribution in [2.75, 3.05) is 5.32 Å². The first-order valence-electron chi connectivity index (χ1n) is 11.8. The Kier molecular flexibility index (Phi) is 5.86. The Labute approximate surface area is 224 Å². The number of furan rings is 1. The van der Waals surface area contributed by atoms with E-state index >= 15 is 0 Å². The first-order valence-corrected chi connectivity index (χ1v) is 13.4. The number of carboxylic acids is 1. The minimum atomic E-state index is -0.856. The van der Waals surface area contributed by atoms with Gasteiger partial charge in [0.2, 0.25) is 5.76 Å². The van der Waals surface area contributed by atoms with Gasteiger partial charge in [0.1, 0.15) is 22.2 Å². The maximum Gasteiger partial charge on any atom is 0.412 e. The van der Waals surface area contributed by atoms with E-state index in [2.05, 4.69) is 32.1 Å². The summed E-state index contributed by atoms with van der Waals surface area (Å²) < 4.78 is 11.5. The standard InChI is InChI=1S/C27H20N4O5S2/c1-14-5-3-4-6-16(14)15(2)35-26(34)30-21-17-9-12-28-13-19(17)36-18(21)7-8-20-29-22-23(37-20)31-24(38-22)27(10-11-27)25(32)33/h3-6,9,12-13,15H,10-11H2,1-2H3,(H,30,34)(H,32,33). The smallest absolute Gasteiger partial charge is 0.412 e. The Morgan fingerprint density at radius 2 is 1.95 bits per heavy atom. The molecule has 6 rings (SSSR count). The Morgan fingerprint density at radius 1 is 1.16 bits per heavy atom. The normalized spacial score (nSPS) is 14.6. The number of nitrogens with one attached hydrogen (secondary N) is 1. The largest absolute Gasteiger partial charge is 0.481 e. The number of rotatable bonds is 5. The second-order valence-corrected chi connectivity index (χ2v) is 10.9. The second kappa shape index (κ2) is 9.24. The van der Waals surface area contributed by atoms with Gasteiger partial charge in [0.15, 0.2) is 20.3 Å². The van der Waals surface area contributed by atoms with Crippen LogP contribution in [0.3, 0.4) is 0 Å². The molecule has 1 fully saturated rings. The van der Waals surface area contributed by atoms with Crippen molar-refractivity contribution >= 4 is 61.1 Å². The number of benzene rings is 1. The molecule has 9 nitrogen and oxygen atoms in total. The van der Waals surface area contributed by atoms with Crippen molar-refractivity contribution in [3.05, 3.63) is 69.6 Å². The molecule has 1 aromatic carbocycles. The summed E-state index contributed by atoms with van der Waals surface area (Å²) in [5.74, 6) is 5.34. The Morgan fingerprint density at radius 3 is 2.68 bits per heavy atom. The maximum absolute atomic E-state index is 12.8. The number of thiazole rings is 2. The zero-order chi connectivity index (χ0) is 26.4. The van der Waals surface area contributed by atoms with E-state index in [0.717, 1.165) is 11.1 Å². The number of ether oxygens (including phenoxy) is 1. The number of carbonyl (C=O) groups excluding carboxylic acids is 1. The molecule has 0 aliphatic heterocycles. The highest BCUT2D eigenvalue weighted by Crippen LogP contribution is 2.50. The molecule has 2 N–H and O–H groups in total. The lowest BCUT2D eigenvalue weighted by Gasteiger charge is -2.16. The van der Waals surface area contributed by atoms with Crippen LogP contribution in [0.2, 0.25) is 0 Å². The van der Waals surface area contributed by atoms with Crippen molar-refractivity contribution < 1.29 is 23.8 Å². The van der Waals surface area contributed by atoms with E-state index in [0.29, 0.717) is 49.2 Å². The SMILES string of the molecule is Cc1ccccc1C(C)OC(=O)Nc1c(C#Cc2nc3sc(C4(C(=O)O)CC4)nc3s2)oc2cnccc12. The molecule has 1 atom stereocenters. The molecule has 0 saturated heterocycles. The molecule has 38 heavy (non-hydrogen) atoms. The first-order chi connectivity index (χ1) is 18.3. The van der Waals surface area contributed by atoms with E-state index in [1.54, 1.807) is 18.5 Å². The topological polar surface area (TPSA) is 127 Å². The van der Waals surface area contributed by atoms with Crippen molar-refractivity contribution in [3.8, 4) is 11.8 Å². The summed E-state index contributed by atoms with van der Waals surface area (Å²) in [6, 6.07) is 9.45. The molecule has 190 valence electrons. The number of pyridine rings is 1. The van der Waals surface area contributed by atoms with E-state index < -0.39 is 23.6 Å². The molecule has 1 unspecified atom stereocenters. The third-order valence-electron chi connectivity index (χ3n) is 6.46. The number of hydrogen-bond acceptors (Lipinski definition) is 9. The predicted molar refractivity (Wildman–Crippen MR) is 144 cm³/mol. The molecular formula is C27H20N4O5S2. The quantitative estimate of drug-likeness (QED) is 0.257. The van der Waals surface area contributed by atoms with Gasteiger partial charge in [-0.2, -0.15) is 0 Å². The molecule has 0 spiro atoms. The van der Waals surface area contributed by atoms with Crippen LogP contribution in [0.1, 0.15) is 52.8 Å². The van der Waals surface area contributed by atoms with E-state index in [1.807, 2.05) is 38.1 Å². The van der Waals surface area contributed by atoms with Gasteiger partial charge >= 0.3 is 12.1 Å². The molecule has 0 bridgehead atoms. The summed E-state index contributed by atoms with van der Waals surface area (Å²) in [4.78, 5) is 38.9. The summed E-state index contributed by atoms with van der Waals surface area (Å²) in [6.07, 6.45) is 3.25. The van der Waals surface area contributed by atoms with Crippen molar-refractivity contribution in [1.29, 1.82) is 0 Å². The van der Waals surface area contributed by atoms with Gasteiger partial charge in [-0.05, 0) is 55.7 Å². The molecule has 4 heterocycles. The fourth-order valence-electron chi connectivity index (χ4n) is 4.22. The molecule has 1 amide bonds. The molecule has 1 aliphatic carbocycles. The molecule has 1 saturated carbocycles. The zero-order valence-electron chi connectivity index (χ0n) is 20.3. The zero-order valence-corrected chi connectivity index (χ0v) is 21.9. The fraction of sp³-hybridized carbons (Fsp3) is 0.222. The number of carbonyl (C=O) groups is 2. The van der Waals surface area contributed by atoms with E-state index in [-0.39, 0.29) is 5.76 Å². The summed E-state index contributed by atoms with van der Waals surface area (Å²) in [7, 11) is 0. The third-order valence-corrected chi connectivity index (χ3v) is 8.61. The van der Waals surface area contributed by atoms with Crippen molar-refractivity contribution in [1.82, 2.24) is 15.0 Å². The van der Waals surface area contributed by atoms with Gasteiger partial charge < -0.3 is 14.3 Å². The fourth-order valence-corrected chi connectivity index (χ4v) is 6.35. The molecular weight excluding hydrogens is 524 g/mol. The van der Waals surface area contributed by atoms with Crippen molar-refractivity contribution in [2.24, 2.45) is 0 Å². The number of carboxylic acid groups (broad SMARTS) is 1. The van der Waals surface area contributed by atoms with Gasteiger partial charge in [-0.1, -0.05) is 46.9 Å². The average Bonchev–Trinajstić information content (AvgIpc) is 3.32. The Balaban J connectivity index is 1.26. The van der Waals surface area contributed by atoms with Crippen LogP contribution in [0.5, 0.6) is 0 Å². The van der Waals surface area contributed by atoms with Crippen molar-refractivity contribution in [3.63, 3.8) is 0 Å². The highest BCUT2D eigenvalue weighted by atomic mass is 32.1. The molecule has 11 heteroatoms. The summed E-state index contributed by atoms with van der Waals surface area (Å²) in [5, 5.41) is 14.0. The van der Waals surface area contributed by atoms with Gasteiger partial charge in [-0.15, -0.1) is 0 Å². The molecule has 5 aromatic rings. The Bertz CT molecular complexity index is 1760. The van der Waals surface area contributed by atoms with Crippen LogP contribution in [-0.4, -0.2) is 32.1 Å². The minimum Gasteiger partial charge on any atom is -0.481 e. The van der Waals surface area contributed by atoms with Gasteiger partial charge in [0.05, 0.1) is 6.20 Å². The van der Waals surface area contributed by atoms with Crippen LogP contribution >= 0.6 is 22.7 Å². The number of anilines is 1. The van der Waals surface area contributed by atoms with E-state index in [1.165, 1.54) is 22.7 Å². The summed E-state index contributed by atoms with van der Waals surface area (Å²) in [5.41, 5.74) is 1.94. The van der Waals surface area contributed by atoms with Crippen molar-refractivity contribution in [2.45, 2.75) is 38.2 Å². The van der Waals surface area contributed by atoms with Crippen LogP contribution in [0, 0.1) is 18.8 Å². The van der Waals surface area contributed by atoms with E-state index in [9.17, 15) is 14.7 Å². The number of aromatic nitrogens is 3. The van der Waals surface area contributed by atoms with Crippen LogP contribution in [0.15, 0.2) is 47.1 Å². The number of fused-ring (bicyclic) bond motifs is 2. The highest BCUT2D eigenvalue weighted by Gasteiger charge is 2.54. The van der Waals surface area contributed by atoms with E-state index in [4.69, 9.17) is 9.15 Å². The number of nitrogens with zero attached hydrogens (tertiary/aromatic N) is 3.